The van der Waals surface area contributed by atoms with E-state index in [2.05, 4.69) is 9.97 Å². The fourth-order valence-electron chi connectivity index (χ4n) is 2.09. The van der Waals surface area contributed by atoms with Gasteiger partial charge in [0.1, 0.15) is 17.4 Å². The molecule has 3 aromatic rings. The van der Waals surface area contributed by atoms with Gasteiger partial charge in [-0.05, 0) is 36.4 Å². The average Bonchev–Trinajstić information content (AvgIpc) is 3.09. The molecular weight excluding hydrogens is 324 g/mol. The maximum Gasteiger partial charge on any atom is 0.312 e. The van der Waals surface area contributed by atoms with Gasteiger partial charge in [-0.25, -0.2) is 4.98 Å². The quantitative estimate of drug-likeness (QED) is 0.643. The highest BCUT2D eigenvalue weighted by molar-refractivity contribution is 7.13. The third-order valence-corrected chi connectivity index (χ3v) is 4.26. The molecule has 0 bridgehead atoms. The molecule has 0 atom stereocenters. The first-order valence-electron chi connectivity index (χ1n) is 7.39. The molecule has 0 unspecified atom stereocenters. The number of esters is 1. The van der Waals surface area contributed by atoms with Gasteiger partial charge in [0.15, 0.2) is 0 Å². The Kier molecular flexibility index (Phi) is 5.18. The van der Waals surface area contributed by atoms with E-state index in [-0.39, 0.29) is 19.0 Å². The molecule has 2 heterocycles. The summed E-state index contributed by atoms with van der Waals surface area (Å²) in [6, 6.07) is 13.2. The molecule has 0 fully saturated rings. The number of pyridine rings is 1. The average molecular weight is 340 g/mol. The van der Waals surface area contributed by atoms with Crippen molar-refractivity contribution in [1.82, 2.24) is 9.97 Å². The lowest BCUT2D eigenvalue weighted by molar-refractivity contribution is -0.144. The summed E-state index contributed by atoms with van der Waals surface area (Å²) in [5.41, 5.74) is 2.42. The summed E-state index contributed by atoms with van der Waals surface area (Å²) in [7, 11) is 1.63. The lowest BCUT2D eigenvalue weighted by Gasteiger charge is -2.03. The predicted molar refractivity (Wildman–Crippen MR) is 91.8 cm³/mol. The van der Waals surface area contributed by atoms with Crippen LogP contribution in [0.15, 0.2) is 54.0 Å². The number of benzene rings is 1. The summed E-state index contributed by atoms with van der Waals surface area (Å²) in [5.74, 6) is 0.487. The lowest BCUT2D eigenvalue weighted by Crippen LogP contribution is -2.08. The van der Waals surface area contributed by atoms with Crippen molar-refractivity contribution in [2.24, 2.45) is 0 Å². The van der Waals surface area contributed by atoms with Gasteiger partial charge < -0.3 is 9.47 Å². The first kappa shape index (κ1) is 16.1. The molecule has 5 nitrogen and oxygen atoms in total. The van der Waals surface area contributed by atoms with Gasteiger partial charge >= 0.3 is 5.97 Å². The Morgan fingerprint density at radius 3 is 2.67 bits per heavy atom. The Balaban J connectivity index is 1.58. The second-order valence-corrected chi connectivity index (χ2v) is 5.89. The number of methoxy groups -OCH3 is 1. The van der Waals surface area contributed by atoms with Crippen molar-refractivity contribution in [3.05, 3.63) is 65.4 Å². The van der Waals surface area contributed by atoms with Crippen molar-refractivity contribution >= 4 is 17.3 Å². The summed E-state index contributed by atoms with van der Waals surface area (Å²) >= 11 is 1.50. The van der Waals surface area contributed by atoms with Gasteiger partial charge in [-0.2, -0.15) is 0 Å². The van der Waals surface area contributed by atoms with Gasteiger partial charge in [0.05, 0.1) is 24.9 Å². The monoisotopic (exact) mass is 340 g/mol. The number of hydrogen-bond donors (Lipinski definition) is 0. The van der Waals surface area contributed by atoms with E-state index in [1.54, 1.807) is 13.3 Å². The Morgan fingerprint density at radius 1 is 1.12 bits per heavy atom. The van der Waals surface area contributed by atoms with E-state index in [0.29, 0.717) is 5.69 Å². The Hall–Kier alpha value is -2.73. The highest BCUT2D eigenvalue weighted by atomic mass is 32.1. The van der Waals surface area contributed by atoms with E-state index in [9.17, 15) is 4.79 Å². The third-order valence-electron chi connectivity index (χ3n) is 3.32. The molecule has 0 aliphatic heterocycles. The van der Waals surface area contributed by atoms with Crippen molar-refractivity contribution in [1.29, 1.82) is 0 Å². The van der Waals surface area contributed by atoms with E-state index in [4.69, 9.17) is 9.47 Å². The molecule has 0 radical (unpaired) electrons. The van der Waals surface area contributed by atoms with Crippen LogP contribution in [0.1, 0.15) is 11.4 Å². The lowest BCUT2D eigenvalue weighted by atomic mass is 10.2. The molecule has 24 heavy (non-hydrogen) atoms. The SMILES string of the molecule is COc1ccc(-c2nc(CC(=O)OCc3ccccn3)cs2)cc1. The van der Waals surface area contributed by atoms with Crippen molar-refractivity contribution in [2.75, 3.05) is 7.11 Å². The van der Waals surface area contributed by atoms with Gasteiger partial charge in [0, 0.05) is 17.1 Å². The zero-order chi connectivity index (χ0) is 16.8. The maximum absolute atomic E-state index is 11.9. The summed E-state index contributed by atoms with van der Waals surface area (Å²) < 4.78 is 10.4. The first-order valence-corrected chi connectivity index (χ1v) is 8.27. The molecule has 0 saturated carbocycles. The molecule has 1 aromatic carbocycles. The minimum atomic E-state index is -0.313. The van der Waals surface area contributed by atoms with Crippen molar-refractivity contribution in [2.45, 2.75) is 13.0 Å². The molecule has 3 rings (SSSR count). The smallest absolute Gasteiger partial charge is 0.312 e. The molecule has 0 aliphatic carbocycles. The number of thiazole rings is 1. The molecule has 0 spiro atoms. The maximum atomic E-state index is 11.9. The summed E-state index contributed by atoms with van der Waals surface area (Å²) in [6.07, 6.45) is 1.82. The number of carbonyl (C=O) groups is 1. The van der Waals surface area contributed by atoms with Crippen molar-refractivity contribution < 1.29 is 14.3 Å². The Morgan fingerprint density at radius 2 is 1.96 bits per heavy atom. The van der Waals surface area contributed by atoms with Crippen molar-refractivity contribution in [3.8, 4) is 16.3 Å². The summed E-state index contributed by atoms with van der Waals surface area (Å²) in [5, 5.41) is 2.74. The van der Waals surface area contributed by atoms with Crippen LogP contribution >= 0.6 is 11.3 Å². The van der Waals surface area contributed by atoms with E-state index < -0.39 is 0 Å². The second kappa shape index (κ2) is 7.70. The van der Waals surface area contributed by atoms with Crippen LogP contribution in [0.3, 0.4) is 0 Å². The Bertz CT molecular complexity index is 801. The van der Waals surface area contributed by atoms with Crippen LogP contribution in [0, 0.1) is 0 Å². The third kappa shape index (κ3) is 4.17. The predicted octanol–water partition coefficient (Wildman–Crippen LogP) is 3.50. The summed E-state index contributed by atoms with van der Waals surface area (Å²) in [6.45, 7) is 0.176. The number of rotatable bonds is 6. The number of aromatic nitrogens is 2. The summed E-state index contributed by atoms with van der Waals surface area (Å²) in [4.78, 5) is 20.5. The van der Waals surface area contributed by atoms with E-state index in [1.807, 2.05) is 47.8 Å². The normalized spacial score (nSPS) is 10.4. The van der Waals surface area contributed by atoms with Gasteiger partial charge in [-0.3, -0.25) is 9.78 Å². The minimum Gasteiger partial charge on any atom is -0.497 e. The molecule has 122 valence electrons. The van der Waals surface area contributed by atoms with Crippen LogP contribution < -0.4 is 4.74 Å². The van der Waals surface area contributed by atoms with Gasteiger partial charge in [-0.15, -0.1) is 11.3 Å². The zero-order valence-electron chi connectivity index (χ0n) is 13.1. The number of carbonyl (C=O) groups excluding carboxylic acids is 1. The fraction of sp³-hybridized carbons (Fsp3) is 0.167. The second-order valence-electron chi connectivity index (χ2n) is 5.03. The van der Waals surface area contributed by atoms with Crippen LogP contribution in [0.25, 0.3) is 10.6 Å². The number of ether oxygens (including phenoxy) is 2. The van der Waals surface area contributed by atoms with E-state index in [0.717, 1.165) is 22.0 Å². The van der Waals surface area contributed by atoms with E-state index in [1.165, 1.54) is 11.3 Å². The number of nitrogens with zero attached hydrogens (tertiary/aromatic N) is 2. The van der Waals surface area contributed by atoms with Crippen molar-refractivity contribution in [3.63, 3.8) is 0 Å². The highest BCUT2D eigenvalue weighted by Gasteiger charge is 2.10. The molecule has 0 aliphatic rings. The largest absolute Gasteiger partial charge is 0.497 e. The van der Waals surface area contributed by atoms with Crippen LogP contribution in [0.2, 0.25) is 0 Å². The van der Waals surface area contributed by atoms with Crippen LogP contribution in [-0.2, 0) is 22.6 Å². The zero-order valence-corrected chi connectivity index (χ0v) is 14.0. The fourth-order valence-corrected chi connectivity index (χ4v) is 2.92. The van der Waals surface area contributed by atoms with Crippen LogP contribution in [-0.4, -0.2) is 23.0 Å². The van der Waals surface area contributed by atoms with Crippen LogP contribution in [0.4, 0.5) is 0 Å². The standard InChI is InChI=1S/C18H16N2O3S/c1-22-16-7-5-13(6-8-16)18-20-15(12-24-18)10-17(21)23-11-14-4-2-3-9-19-14/h2-9,12H,10-11H2,1H3. The minimum absolute atomic E-state index is 0.152. The molecule has 0 N–H and O–H groups in total. The molecule has 0 saturated heterocycles. The molecule has 6 heteroatoms. The highest BCUT2D eigenvalue weighted by Crippen LogP contribution is 2.25. The van der Waals surface area contributed by atoms with Crippen LogP contribution in [0.5, 0.6) is 5.75 Å². The first-order chi connectivity index (χ1) is 11.7. The molecule has 0 amide bonds. The topological polar surface area (TPSA) is 61.3 Å². The van der Waals surface area contributed by atoms with Gasteiger partial charge in [0.25, 0.3) is 0 Å². The Labute approximate surface area is 143 Å². The molecular formula is C18H16N2O3S. The number of hydrogen-bond acceptors (Lipinski definition) is 6. The molecule has 2 aromatic heterocycles. The van der Waals surface area contributed by atoms with Gasteiger partial charge in [0.2, 0.25) is 0 Å². The van der Waals surface area contributed by atoms with E-state index >= 15 is 0 Å². The van der Waals surface area contributed by atoms with Gasteiger partial charge in [-0.1, -0.05) is 6.07 Å².